The Morgan fingerprint density at radius 1 is 1.42 bits per heavy atom. The van der Waals surface area contributed by atoms with Crippen molar-refractivity contribution in [1.82, 2.24) is 9.88 Å². The lowest BCUT2D eigenvalue weighted by Gasteiger charge is -2.26. The molecule has 0 aromatic carbocycles. The summed E-state index contributed by atoms with van der Waals surface area (Å²) in [6.07, 6.45) is 5.22. The molecule has 1 saturated heterocycles. The minimum Gasteiger partial charge on any atom is -0.369 e. The maximum absolute atomic E-state index is 10.6. The molecule has 1 N–H and O–H groups in total. The van der Waals surface area contributed by atoms with Gasteiger partial charge in [-0.25, -0.2) is 4.98 Å². The van der Waals surface area contributed by atoms with Crippen molar-refractivity contribution < 1.29 is 4.92 Å². The summed E-state index contributed by atoms with van der Waals surface area (Å²) in [6, 6.07) is 1.55. The maximum Gasteiger partial charge on any atom is 0.287 e. The molecule has 0 unspecified atom stereocenters. The van der Waals surface area contributed by atoms with Crippen LogP contribution < -0.4 is 5.32 Å². The van der Waals surface area contributed by atoms with Crippen LogP contribution in [0.4, 0.5) is 11.5 Å². The number of hydrogen-bond donors (Lipinski definition) is 1. The first kappa shape index (κ1) is 13.7. The van der Waals surface area contributed by atoms with Gasteiger partial charge in [0.05, 0.1) is 4.92 Å². The number of nitro groups is 1. The van der Waals surface area contributed by atoms with E-state index in [1.54, 1.807) is 6.07 Å². The summed E-state index contributed by atoms with van der Waals surface area (Å²) in [5.74, 6) is 0.739. The number of nitrogens with one attached hydrogen (secondary N) is 1. The van der Waals surface area contributed by atoms with E-state index in [4.69, 9.17) is 0 Å². The molecule has 1 aliphatic heterocycles. The number of aromatic nitrogens is 1. The van der Waals surface area contributed by atoms with E-state index < -0.39 is 4.92 Å². The highest BCUT2D eigenvalue weighted by atomic mass is 16.6. The highest BCUT2D eigenvalue weighted by Crippen LogP contribution is 2.17. The molecule has 1 fully saturated rings. The molecule has 104 valence electrons. The second-order valence-electron chi connectivity index (χ2n) is 4.95. The van der Waals surface area contributed by atoms with Crippen LogP contribution in [0.25, 0.3) is 0 Å². The molecule has 0 spiro atoms. The van der Waals surface area contributed by atoms with Crippen LogP contribution in [0.2, 0.25) is 0 Å². The van der Waals surface area contributed by atoms with Crippen LogP contribution in [0.1, 0.15) is 24.8 Å². The Bertz CT molecular complexity index is 444. The number of nitrogens with zero attached hydrogens (tertiary/aromatic N) is 3. The van der Waals surface area contributed by atoms with E-state index in [0.29, 0.717) is 0 Å². The summed E-state index contributed by atoms with van der Waals surface area (Å²) in [5.41, 5.74) is 0.854. The molecule has 0 atom stereocenters. The van der Waals surface area contributed by atoms with Crippen molar-refractivity contribution in [1.29, 1.82) is 0 Å². The summed E-state index contributed by atoms with van der Waals surface area (Å²) in [7, 11) is 0. The summed E-state index contributed by atoms with van der Waals surface area (Å²) in [4.78, 5) is 16.8. The molecular formula is C13H20N4O2. The first-order valence-corrected chi connectivity index (χ1v) is 6.74. The molecule has 0 radical (unpaired) electrons. The van der Waals surface area contributed by atoms with Crippen molar-refractivity contribution in [3.8, 4) is 0 Å². The van der Waals surface area contributed by atoms with Crippen molar-refractivity contribution in [2.75, 3.05) is 31.5 Å². The van der Waals surface area contributed by atoms with Gasteiger partial charge in [-0.1, -0.05) is 6.42 Å². The van der Waals surface area contributed by atoms with Crippen LogP contribution in [-0.4, -0.2) is 41.0 Å². The third kappa shape index (κ3) is 3.89. The Morgan fingerprint density at radius 2 is 2.16 bits per heavy atom. The van der Waals surface area contributed by atoms with Crippen LogP contribution in [0, 0.1) is 17.0 Å². The monoisotopic (exact) mass is 264 g/mol. The molecular weight excluding hydrogens is 244 g/mol. The Labute approximate surface area is 113 Å². The van der Waals surface area contributed by atoms with Crippen molar-refractivity contribution in [2.24, 2.45) is 0 Å². The fraction of sp³-hybridized carbons (Fsp3) is 0.615. The second-order valence-corrected chi connectivity index (χ2v) is 4.95. The van der Waals surface area contributed by atoms with Crippen molar-refractivity contribution in [3.05, 3.63) is 27.9 Å². The predicted molar refractivity (Wildman–Crippen MR) is 74.4 cm³/mol. The van der Waals surface area contributed by atoms with Gasteiger partial charge >= 0.3 is 0 Å². The third-order valence-corrected chi connectivity index (χ3v) is 3.44. The lowest BCUT2D eigenvalue weighted by molar-refractivity contribution is -0.385. The number of anilines is 1. The van der Waals surface area contributed by atoms with E-state index >= 15 is 0 Å². The van der Waals surface area contributed by atoms with Crippen LogP contribution >= 0.6 is 0 Å². The van der Waals surface area contributed by atoms with Gasteiger partial charge in [-0.3, -0.25) is 10.1 Å². The summed E-state index contributed by atoms with van der Waals surface area (Å²) >= 11 is 0. The molecule has 19 heavy (non-hydrogen) atoms. The SMILES string of the molecule is Cc1cc([N+](=O)[O-])cnc1NCCN1CCCCC1. The number of pyridine rings is 1. The number of aryl methyl sites for hydroxylation is 1. The lowest BCUT2D eigenvalue weighted by atomic mass is 10.1. The molecule has 0 saturated carbocycles. The highest BCUT2D eigenvalue weighted by Gasteiger charge is 2.11. The summed E-state index contributed by atoms with van der Waals surface area (Å²) in [6.45, 7) is 6.01. The Kier molecular flexibility index (Phi) is 4.68. The van der Waals surface area contributed by atoms with E-state index in [0.717, 1.165) is 24.5 Å². The third-order valence-electron chi connectivity index (χ3n) is 3.44. The Hall–Kier alpha value is -1.69. The van der Waals surface area contributed by atoms with Crippen LogP contribution in [0.3, 0.4) is 0 Å². The van der Waals surface area contributed by atoms with Gasteiger partial charge in [-0.15, -0.1) is 0 Å². The van der Waals surface area contributed by atoms with Gasteiger partial charge in [0.25, 0.3) is 5.69 Å². The molecule has 1 aromatic heterocycles. The van der Waals surface area contributed by atoms with E-state index in [-0.39, 0.29) is 5.69 Å². The number of likely N-dealkylation sites (tertiary alicyclic amines) is 1. The first-order chi connectivity index (χ1) is 9.16. The average molecular weight is 264 g/mol. The fourth-order valence-corrected chi connectivity index (χ4v) is 2.36. The molecule has 6 nitrogen and oxygen atoms in total. The van der Waals surface area contributed by atoms with E-state index in [1.807, 2.05) is 6.92 Å². The Morgan fingerprint density at radius 3 is 2.79 bits per heavy atom. The van der Waals surface area contributed by atoms with Crippen molar-refractivity contribution >= 4 is 11.5 Å². The smallest absolute Gasteiger partial charge is 0.287 e. The van der Waals surface area contributed by atoms with Crippen molar-refractivity contribution in [2.45, 2.75) is 26.2 Å². The number of hydrogen-bond acceptors (Lipinski definition) is 5. The highest BCUT2D eigenvalue weighted by molar-refractivity contribution is 5.48. The molecule has 2 rings (SSSR count). The number of rotatable bonds is 5. The van der Waals surface area contributed by atoms with Gasteiger partial charge in [-0.2, -0.15) is 0 Å². The number of piperidine rings is 1. The second kappa shape index (κ2) is 6.47. The quantitative estimate of drug-likeness (QED) is 0.652. The van der Waals surface area contributed by atoms with Gasteiger partial charge < -0.3 is 10.2 Å². The topological polar surface area (TPSA) is 71.3 Å². The zero-order chi connectivity index (χ0) is 13.7. The Balaban J connectivity index is 1.83. The summed E-state index contributed by atoms with van der Waals surface area (Å²) < 4.78 is 0. The minimum absolute atomic E-state index is 0.0408. The van der Waals surface area contributed by atoms with Crippen LogP contribution in [0.15, 0.2) is 12.3 Å². The van der Waals surface area contributed by atoms with Crippen LogP contribution in [-0.2, 0) is 0 Å². The largest absolute Gasteiger partial charge is 0.369 e. The van der Waals surface area contributed by atoms with Gasteiger partial charge in [-0.05, 0) is 38.4 Å². The molecule has 6 heteroatoms. The van der Waals surface area contributed by atoms with E-state index in [9.17, 15) is 10.1 Å². The lowest BCUT2D eigenvalue weighted by Crippen LogP contribution is -2.33. The molecule has 1 aromatic rings. The van der Waals surface area contributed by atoms with Crippen molar-refractivity contribution in [3.63, 3.8) is 0 Å². The molecule has 0 amide bonds. The maximum atomic E-state index is 10.6. The average Bonchev–Trinajstić information content (AvgIpc) is 2.41. The van der Waals surface area contributed by atoms with Gasteiger partial charge in [0.15, 0.2) is 0 Å². The van der Waals surface area contributed by atoms with Gasteiger partial charge in [0, 0.05) is 19.2 Å². The predicted octanol–water partition coefficient (Wildman–Crippen LogP) is 2.20. The van der Waals surface area contributed by atoms with Gasteiger partial charge in [0.2, 0.25) is 0 Å². The standard InChI is InChI=1S/C13H20N4O2/c1-11-9-12(17(18)19)10-15-13(11)14-5-8-16-6-3-2-4-7-16/h9-10H,2-8H2,1H3,(H,14,15). The first-order valence-electron chi connectivity index (χ1n) is 6.74. The van der Waals surface area contributed by atoms with Gasteiger partial charge in [0.1, 0.15) is 12.0 Å². The minimum atomic E-state index is -0.419. The molecule has 2 heterocycles. The molecule has 0 bridgehead atoms. The fourth-order valence-electron chi connectivity index (χ4n) is 2.36. The van der Waals surface area contributed by atoms with E-state index in [1.165, 1.54) is 38.5 Å². The van der Waals surface area contributed by atoms with E-state index in [2.05, 4.69) is 15.2 Å². The van der Waals surface area contributed by atoms with Crippen LogP contribution in [0.5, 0.6) is 0 Å². The normalized spacial score (nSPS) is 16.3. The zero-order valence-corrected chi connectivity index (χ0v) is 11.3. The molecule has 0 aliphatic carbocycles. The summed E-state index contributed by atoms with van der Waals surface area (Å²) in [5, 5.41) is 13.9. The zero-order valence-electron chi connectivity index (χ0n) is 11.3. The molecule has 1 aliphatic rings.